The Labute approximate surface area is 148 Å². The third-order valence-corrected chi connectivity index (χ3v) is 3.32. The Morgan fingerprint density at radius 2 is 1.46 bits per heavy atom. The molecule has 0 aliphatic heterocycles. The Morgan fingerprint density at radius 1 is 0.917 bits per heavy atom. The second-order valence-electron chi connectivity index (χ2n) is 9.49. The summed E-state index contributed by atoms with van der Waals surface area (Å²) in [7, 11) is 0. The van der Waals surface area contributed by atoms with Crippen molar-refractivity contribution >= 4 is 11.9 Å². The number of rotatable bonds is 7. The van der Waals surface area contributed by atoms with Crippen molar-refractivity contribution in [1.82, 2.24) is 10.6 Å². The minimum absolute atomic E-state index is 0.0390. The van der Waals surface area contributed by atoms with Crippen molar-refractivity contribution in [3.63, 3.8) is 0 Å². The summed E-state index contributed by atoms with van der Waals surface area (Å²) in [6.07, 6.45) is 1.92. The van der Waals surface area contributed by atoms with E-state index < -0.39 is 23.2 Å². The first-order chi connectivity index (χ1) is 10.6. The number of carbonyl (C=O) groups is 2. The molecule has 0 aromatic carbocycles. The normalized spacial score (nSPS) is 14.2. The molecule has 0 radical (unpaired) electrons. The lowest BCUT2D eigenvalue weighted by molar-refractivity contribution is -0.128. The second kappa shape index (κ2) is 8.84. The van der Waals surface area contributed by atoms with Gasteiger partial charge in [-0.15, -0.1) is 0 Å². The summed E-state index contributed by atoms with van der Waals surface area (Å²) < 4.78 is 5.29. The highest BCUT2D eigenvalue weighted by atomic mass is 16.6. The van der Waals surface area contributed by atoms with Gasteiger partial charge in [0.2, 0.25) is 0 Å². The molecule has 0 fully saturated rings. The van der Waals surface area contributed by atoms with Crippen molar-refractivity contribution in [2.75, 3.05) is 6.54 Å². The number of Topliss-reactive ketones (excluding diaryl/α,β-unsaturated/α-hetero) is 1. The Kier molecular flexibility index (Phi) is 8.43. The molecule has 0 rings (SSSR count). The van der Waals surface area contributed by atoms with Crippen LogP contribution in [0.1, 0.15) is 81.6 Å². The smallest absolute Gasteiger partial charge is 0.408 e. The molecule has 0 heterocycles. The Bertz CT molecular complexity index is 412. The first-order valence-corrected chi connectivity index (χ1v) is 8.91. The first-order valence-electron chi connectivity index (χ1n) is 8.91. The van der Waals surface area contributed by atoms with Crippen LogP contribution >= 0.6 is 0 Å². The van der Waals surface area contributed by atoms with E-state index in [1.54, 1.807) is 0 Å². The van der Waals surface area contributed by atoms with E-state index in [1.807, 2.05) is 41.5 Å². The zero-order chi connectivity index (χ0) is 19.2. The summed E-state index contributed by atoms with van der Waals surface area (Å²) in [5.41, 5.74) is -0.977. The molecule has 0 aromatic heterocycles. The molecule has 1 unspecified atom stereocenters. The number of alkyl carbamates (subject to hydrolysis) is 1. The van der Waals surface area contributed by atoms with Crippen molar-refractivity contribution in [3.05, 3.63) is 0 Å². The van der Waals surface area contributed by atoms with Crippen LogP contribution in [-0.2, 0) is 9.53 Å². The van der Waals surface area contributed by atoms with E-state index >= 15 is 0 Å². The van der Waals surface area contributed by atoms with Gasteiger partial charge in [-0.1, -0.05) is 20.8 Å². The number of unbranched alkanes of at least 4 members (excludes halogenated alkanes) is 1. The van der Waals surface area contributed by atoms with Crippen LogP contribution in [0.25, 0.3) is 0 Å². The molecule has 24 heavy (non-hydrogen) atoms. The van der Waals surface area contributed by atoms with Crippen molar-refractivity contribution in [1.29, 1.82) is 0 Å². The van der Waals surface area contributed by atoms with Crippen LogP contribution in [0.15, 0.2) is 0 Å². The van der Waals surface area contributed by atoms with Gasteiger partial charge in [-0.3, -0.25) is 4.79 Å². The molecular weight excluding hydrogens is 304 g/mol. The first kappa shape index (κ1) is 22.9. The summed E-state index contributed by atoms with van der Waals surface area (Å²) in [5.74, 6) is 0.0390. The van der Waals surface area contributed by atoms with Crippen LogP contribution in [0.2, 0.25) is 0 Å². The minimum Gasteiger partial charge on any atom is -0.444 e. The van der Waals surface area contributed by atoms with Crippen molar-refractivity contribution in [2.24, 2.45) is 5.41 Å². The largest absolute Gasteiger partial charge is 0.444 e. The third kappa shape index (κ3) is 11.4. The van der Waals surface area contributed by atoms with Gasteiger partial charge in [-0.2, -0.15) is 0 Å². The molecule has 0 aliphatic carbocycles. The summed E-state index contributed by atoms with van der Waals surface area (Å²) in [6, 6.07) is -0.505. The minimum atomic E-state index is -0.573. The van der Waals surface area contributed by atoms with Crippen LogP contribution < -0.4 is 10.6 Å². The van der Waals surface area contributed by atoms with Gasteiger partial charge < -0.3 is 15.4 Å². The zero-order valence-corrected chi connectivity index (χ0v) is 17.1. The van der Waals surface area contributed by atoms with E-state index in [1.165, 1.54) is 0 Å². The number of carbonyl (C=O) groups excluding carboxylic acids is 2. The summed E-state index contributed by atoms with van der Waals surface area (Å²) in [5, 5.41) is 6.19. The van der Waals surface area contributed by atoms with E-state index in [4.69, 9.17) is 4.74 Å². The van der Waals surface area contributed by atoms with E-state index in [2.05, 4.69) is 31.4 Å². The predicted octanol–water partition coefficient (Wildman–Crippen LogP) is 4.05. The molecule has 0 saturated heterocycles. The molecule has 0 saturated carbocycles. The van der Waals surface area contributed by atoms with Gasteiger partial charge in [0, 0.05) is 11.0 Å². The molecule has 0 aromatic rings. The van der Waals surface area contributed by atoms with Gasteiger partial charge in [-0.05, 0) is 67.3 Å². The molecule has 5 nitrogen and oxygen atoms in total. The number of ketones is 1. The quantitative estimate of drug-likeness (QED) is 0.685. The highest BCUT2D eigenvalue weighted by molar-refractivity contribution is 5.91. The van der Waals surface area contributed by atoms with Gasteiger partial charge >= 0.3 is 6.09 Å². The van der Waals surface area contributed by atoms with E-state index in [0.29, 0.717) is 6.42 Å². The zero-order valence-electron chi connectivity index (χ0n) is 17.1. The average Bonchev–Trinajstić information content (AvgIpc) is 2.31. The van der Waals surface area contributed by atoms with Crippen molar-refractivity contribution < 1.29 is 14.3 Å². The lowest BCUT2D eigenvalue weighted by Gasteiger charge is -2.27. The maximum Gasteiger partial charge on any atom is 0.408 e. The van der Waals surface area contributed by atoms with Gasteiger partial charge in [0.05, 0.1) is 6.04 Å². The fraction of sp³-hybridized carbons (Fsp3) is 0.895. The van der Waals surface area contributed by atoms with Crippen molar-refractivity contribution in [3.8, 4) is 0 Å². The topological polar surface area (TPSA) is 67.4 Å². The Hall–Kier alpha value is -1.10. The second-order valence-corrected chi connectivity index (χ2v) is 9.49. The van der Waals surface area contributed by atoms with Gasteiger partial charge in [0.15, 0.2) is 5.78 Å². The molecule has 1 atom stereocenters. The molecule has 5 heteroatoms. The van der Waals surface area contributed by atoms with Crippen LogP contribution in [0.4, 0.5) is 4.79 Å². The van der Waals surface area contributed by atoms with Crippen molar-refractivity contribution in [2.45, 2.75) is 98.8 Å². The molecule has 1 amide bonds. The van der Waals surface area contributed by atoms with Crippen LogP contribution in [0.3, 0.4) is 0 Å². The maximum absolute atomic E-state index is 12.6. The van der Waals surface area contributed by atoms with E-state index in [-0.39, 0.29) is 11.3 Å². The molecule has 0 aliphatic rings. The Morgan fingerprint density at radius 3 is 1.88 bits per heavy atom. The number of hydrogen-bond acceptors (Lipinski definition) is 4. The number of nitrogens with one attached hydrogen (secondary N) is 2. The third-order valence-electron chi connectivity index (χ3n) is 3.32. The average molecular weight is 343 g/mol. The summed E-state index contributed by atoms with van der Waals surface area (Å²) in [4.78, 5) is 24.6. The SMILES string of the molecule is CC(C)(C)NCCCCC(NC(=O)OC(C)(C)C)C(=O)C(C)(C)C. The molecule has 0 bridgehead atoms. The maximum atomic E-state index is 12.6. The molecule has 142 valence electrons. The lowest BCUT2D eigenvalue weighted by atomic mass is 9.84. The summed E-state index contributed by atoms with van der Waals surface area (Å²) >= 11 is 0. The highest BCUT2D eigenvalue weighted by Crippen LogP contribution is 2.20. The van der Waals surface area contributed by atoms with Crippen LogP contribution in [0, 0.1) is 5.41 Å². The molecular formula is C19H38N2O3. The van der Waals surface area contributed by atoms with Gasteiger partial charge in [0.25, 0.3) is 0 Å². The van der Waals surface area contributed by atoms with E-state index in [0.717, 1.165) is 19.4 Å². The van der Waals surface area contributed by atoms with E-state index in [9.17, 15) is 9.59 Å². The lowest BCUT2D eigenvalue weighted by Crippen LogP contribution is -2.47. The predicted molar refractivity (Wildman–Crippen MR) is 99.2 cm³/mol. The van der Waals surface area contributed by atoms with Gasteiger partial charge in [-0.25, -0.2) is 4.79 Å². The summed E-state index contributed by atoms with van der Waals surface area (Å²) in [6.45, 7) is 18.3. The van der Waals surface area contributed by atoms with Gasteiger partial charge in [0.1, 0.15) is 5.60 Å². The molecule has 0 spiro atoms. The number of hydrogen-bond donors (Lipinski definition) is 2. The Balaban J connectivity index is 4.61. The number of ether oxygens (including phenoxy) is 1. The molecule has 2 N–H and O–H groups in total. The fourth-order valence-electron chi connectivity index (χ4n) is 2.18. The van der Waals surface area contributed by atoms with Crippen LogP contribution in [0.5, 0.6) is 0 Å². The standard InChI is InChI=1S/C19H38N2O3/c1-17(2,3)15(22)14(21-16(23)24-19(7,8)9)12-10-11-13-20-18(4,5)6/h14,20H,10-13H2,1-9H3,(H,21,23). The highest BCUT2D eigenvalue weighted by Gasteiger charge is 2.31. The fourth-order valence-corrected chi connectivity index (χ4v) is 2.18. The number of amides is 1. The monoisotopic (exact) mass is 342 g/mol. The van der Waals surface area contributed by atoms with Crippen LogP contribution in [-0.4, -0.2) is 35.6 Å².